The van der Waals surface area contributed by atoms with E-state index in [1.54, 1.807) is 45.2 Å². The van der Waals surface area contributed by atoms with Crippen molar-refractivity contribution in [3.8, 4) is 28.7 Å². The van der Waals surface area contributed by atoms with Crippen LogP contribution in [0, 0.1) is 0 Å². The summed E-state index contributed by atoms with van der Waals surface area (Å²) in [6, 6.07) is 8.74. The Bertz CT molecular complexity index is 1120. The van der Waals surface area contributed by atoms with Crippen molar-refractivity contribution in [1.82, 2.24) is 0 Å². The van der Waals surface area contributed by atoms with Gasteiger partial charge in [-0.05, 0) is 38.1 Å². The van der Waals surface area contributed by atoms with Gasteiger partial charge < -0.3 is 33.2 Å². The van der Waals surface area contributed by atoms with Crippen molar-refractivity contribution in [3.63, 3.8) is 0 Å². The number of hydrogen-bond donors (Lipinski definition) is 0. The van der Waals surface area contributed by atoms with Gasteiger partial charge in [-0.3, -0.25) is 0 Å². The Morgan fingerprint density at radius 3 is 2.33 bits per heavy atom. The average molecular weight is 499 g/mol. The molecule has 0 aliphatic carbocycles. The van der Waals surface area contributed by atoms with Crippen molar-refractivity contribution < 1.29 is 42.7 Å². The number of carbonyl (C=O) groups excluding carboxylic acids is 2. The number of esters is 2. The van der Waals surface area contributed by atoms with Crippen molar-refractivity contribution in [2.75, 3.05) is 40.1 Å². The first-order valence-corrected chi connectivity index (χ1v) is 11.5. The fourth-order valence-corrected chi connectivity index (χ4v) is 3.41. The Morgan fingerprint density at radius 2 is 1.67 bits per heavy atom. The molecule has 36 heavy (non-hydrogen) atoms. The monoisotopic (exact) mass is 498 g/mol. The Kier molecular flexibility index (Phi) is 9.62. The maximum Gasteiger partial charge on any atom is 0.344 e. The molecule has 0 amide bonds. The normalized spacial score (nSPS) is 11.8. The molecule has 1 heterocycles. The third-order valence-electron chi connectivity index (χ3n) is 4.97. The van der Waals surface area contributed by atoms with Crippen LogP contribution >= 0.6 is 0 Å². The van der Waals surface area contributed by atoms with Gasteiger partial charge in [0.1, 0.15) is 29.6 Å². The number of carbonyl (C=O) groups is 2. The van der Waals surface area contributed by atoms with Gasteiger partial charge in [-0.15, -0.1) is 0 Å². The van der Waals surface area contributed by atoms with Crippen LogP contribution in [0.1, 0.15) is 25.0 Å². The topological polar surface area (TPSA) is 98.8 Å². The van der Waals surface area contributed by atoms with E-state index in [-0.39, 0.29) is 26.4 Å². The van der Waals surface area contributed by atoms with E-state index in [4.69, 9.17) is 33.2 Å². The second kappa shape index (κ2) is 13.1. The molecule has 0 fully saturated rings. The molecule has 0 radical (unpaired) electrons. The van der Waals surface area contributed by atoms with Gasteiger partial charge in [-0.1, -0.05) is 12.7 Å². The van der Waals surface area contributed by atoms with Crippen molar-refractivity contribution in [2.24, 2.45) is 0 Å². The molecule has 0 atom stereocenters. The number of hydrogen-bond acceptors (Lipinski definition) is 9. The minimum Gasteiger partial charge on any atom is -0.493 e. The van der Waals surface area contributed by atoms with Gasteiger partial charge in [0.2, 0.25) is 0 Å². The standard InChI is InChI=1S/C27H30O9/c1-5-12-33-25-13-18(8-10-22(25)30-4)21-11-9-20-23(35-17-27(29)32-7-3)14-19(15-24(20)36-21)34-16-26(28)31-6-2/h5,8,10-11,13-15H,1,6-7,9,12,16-17H2,2-4H3. The molecule has 2 aromatic carbocycles. The van der Waals surface area contributed by atoms with Crippen molar-refractivity contribution in [1.29, 1.82) is 0 Å². The zero-order valence-electron chi connectivity index (χ0n) is 20.7. The predicted molar refractivity (Wildman–Crippen MR) is 132 cm³/mol. The summed E-state index contributed by atoms with van der Waals surface area (Å²) in [6.45, 7) is 7.37. The lowest BCUT2D eigenvalue weighted by Crippen LogP contribution is -2.17. The lowest BCUT2D eigenvalue weighted by atomic mass is 10.0. The number of fused-ring (bicyclic) bond motifs is 1. The third kappa shape index (κ3) is 6.94. The van der Waals surface area contributed by atoms with Crippen LogP contribution in [0.15, 0.2) is 49.1 Å². The van der Waals surface area contributed by atoms with Crippen molar-refractivity contribution >= 4 is 17.7 Å². The zero-order chi connectivity index (χ0) is 25.9. The highest BCUT2D eigenvalue weighted by atomic mass is 16.6. The average Bonchev–Trinajstić information content (AvgIpc) is 2.89. The summed E-state index contributed by atoms with van der Waals surface area (Å²) in [7, 11) is 1.57. The molecule has 1 aliphatic rings. The predicted octanol–water partition coefficient (Wildman–Crippen LogP) is 4.12. The van der Waals surface area contributed by atoms with Gasteiger partial charge in [0.15, 0.2) is 24.7 Å². The van der Waals surface area contributed by atoms with E-state index >= 15 is 0 Å². The fraction of sp³-hybridized carbons (Fsp3) is 0.333. The molecular formula is C27H30O9. The van der Waals surface area contributed by atoms with Crippen molar-refractivity contribution in [2.45, 2.75) is 20.3 Å². The SMILES string of the molecule is C=CCOc1cc(C2=CCc3c(OCC(=O)OCC)cc(OCC(=O)OCC)cc3O2)ccc1OC. The second-order valence-electron chi connectivity index (χ2n) is 7.43. The third-order valence-corrected chi connectivity index (χ3v) is 4.97. The van der Waals surface area contributed by atoms with E-state index in [1.807, 2.05) is 18.2 Å². The molecular weight excluding hydrogens is 468 g/mol. The van der Waals surface area contributed by atoms with Gasteiger partial charge in [0, 0.05) is 29.7 Å². The maximum atomic E-state index is 11.8. The van der Waals surface area contributed by atoms with Gasteiger partial charge >= 0.3 is 11.9 Å². The molecule has 0 aromatic heterocycles. The van der Waals surface area contributed by atoms with E-state index in [0.717, 1.165) is 11.1 Å². The van der Waals surface area contributed by atoms with E-state index in [2.05, 4.69) is 6.58 Å². The van der Waals surface area contributed by atoms with E-state index in [0.29, 0.717) is 47.5 Å². The van der Waals surface area contributed by atoms with E-state index < -0.39 is 11.9 Å². The minimum absolute atomic E-state index is 0.248. The summed E-state index contributed by atoms with van der Waals surface area (Å²) in [4.78, 5) is 23.6. The fourth-order valence-electron chi connectivity index (χ4n) is 3.41. The molecule has 0 spiro atoms. The number of benzene rings is 2. The molecule has 1 aliphatic heterocycles. The van der Waals surface area contributed by atoms with Crippen molar-refractivity contribution in [3.05, 3.63) is 60.2 Å². The van der Waals surface area contributed by atoms with Gasteiger partial charge in [-0.25, -0.2) is 9.59 Å². The lowest BCUT2D eigenvalue weighted by Gasteiger charge is -2.22. The van der Waals surface area contributed by atoms with Crippen LogP contribution in [0.4, 0.5) is 0 Å². The molecule has 192 valence electrons. The summed E-state index contributed by atoms with van der Waals surface area (Å²) < 4.78 is 38.5. The Hall–Kier alpha value is -4.14. The summed E-state index contributed by atoms with van der Waals surface area (Å²) in [5.74, 6) is 1.91. The summed E-state index contributed by atoms with van der Waals surface area (Å²) in [6.07, 6.45) is 4.02. The van der Waals surface area contributed by atoms with Crippen LogP contribution in [-0.4, -0.2) is 52.1 Å². The Morgan fingerprint density at radius 1 is 0.944 bits per heavy atom. The summed E-state index contributed by atoms with van der Waals surface area (Å²) in [5, 5.41) is 0. The smallest absolute Gasteiger partial charge is 0.344 e. The van der Waals surface area contributed by atoms with Gasteiger partial charge in [0.05, 0.1) is 20.3 Å². The molecule has 2 aromatic rings. The van der Waals surface area contributed by atoms with Crippen LogP contribution in [0.2, 0.25) is 0 Å². The molecule has 0 N–H and O–H groups in total. The highest BCUT2D eigenvalue weighted by Gasteiger charge is 2.22. The number of allylic oxidation sites excluding steroid dienone is 1. The number of ether oxygens (including phenoxy) is 7. The molecule has 3 rings (SSSR count). The van der Waals surface area contributed by atoms with Crippen LogP contribution in [0.5, 0.6) is 28.7 Å². The van der Waals surface area contributed by atoms with E-state index in [1.165, 1.54) is 0 Å². The zero-order valence-corrected chi connectivity index (χ0v) is 20.7. The number of rotatable bonds is 13. The molecule has 9 heteroatoms. The molecule has 0 saturated carbocycles. The first-order chi connectivity index (χ1) is 17.5. The van der Waals surface area contributed by atoms with Crippen LogP contribution in [-0.2, 0) is 25.5 Å². The van der Waals surface area contributed by atoms with Gasteiger partial charge in [0.25, 0.3) is 0 Å². The molecule has 0 bridgehead atoms. The van der Waals surface area contributed by atoms with Gasteiger partial charge in [-0.2, -0.15) is 0 Å². The molecule has 0 saturated heterocycles. The Balaban J connectivity index is 1.88. The minimum atomic E-state index is -0.504. The first kappa shape index (κ1) is 26.5. The Labute approximate surface area is 210 Å². The first-order valence-electron chi connectivity index (χ1n) is 11.5. The van der Waals surface area contributed by atoms with E-state index in [9.17, 15) is 9.59 Å². The molecule has 9 nitrogen and oxygen atoms in total. The number of methoxy groups -OCH3 is 1. The maximum absolute atomic E-state index is 11.8. The quantitative estimate of drug-likeness (QED) is 0.298. The highest BCUT2D eigenvalue weighted by Crippen LogP contribution is 2.41. The lowest BCUT2D eigenvalue weighted by molar-refractivity contribution is -0.146. The van der Waals surface area contributed by atoms with Crippen LogP contribution in [0.25, 0.3) is 5.76 Å². The second-order valence-corrected chi connectivity index (χ2v) is 7.43. The summed E-state index contributed by atoms with van der Waals surface area (Å²) >= 11 is 0. The highest BCUT2D eigenvalue weighted by molar-refractivity contribution is 5.73. The van der Waals surface area contributed by atoms with Crippen LogP contribution < -0.4 is 23.7 Å². The summed E-state index contributed by atoms with van der Waals surface area (Å²) in [5.41, 5.74) is 1.50. The van der Waals surface area contributed by atoms with Crippen LogP contribution in [0.3, 0.4) is 0 Å². The molecule has 0 unspecified atom stereocenters. The largest absolute Gasteiger partial charge is 0.493 e.